The number of rotatable bonds is 3. The molecule has 3 rings (SSSR count). The Balaban J connectivity index is 1.80. The second-order valence-corrected chi connectivity index (χ2v) is 3.91. The molecule has 1 fully saturated rings. The molecule has 0 unspecified atom stereocenters. The van der Waals surface area contributed by atoms with Crippen molar-refractivity contribution < 1.29 is 9.32 Å². The molecule has 1 saturated carbocycles. The van der Waals surface area contributed by atoms with Crippen LogP contribution >= 0.6 is 0 Å². The normalized spacial score (nSPS) is 14.6. The van der Waals surface area contributed by atoms with Crippen LogP contribution in [0.15, 0.2) is 29.0 Å². The Kier molecular flexibility index (Phi) is 2.32. The predicted octanol–water partition coefficient (Wildman–Crippen LogP) is 1.02. The van der Waals surface area contributed by atoms with Crippen LogP contribution in [0.2, 0.25) is 0 Å². The first-order valence-electron chi connectivity index (χ1n) is 5.38. The molecule has 0 aromatic carbocycles. The highest BCUT2D eigenvalue weighted by molar-refractivity contribution is 5.90. The second kappa shape index (κ2) is 3.97. The number of hydrogen-bond donors (Lipinski definition) is 1. The maximum atomic E-state index is 11.6. The van der Waals surface area contributed by atoms with Crippen molar-refractivity contribution in [1.82, 2.24) is 20.4 Å². The molecular weight excluding hydrogens is 220 g/mol. The topological polar surface area (TPSA) is 80.9 Å². The fraction of sp³-hybridized carbons (Fsp3) is 0.273. The van der Waals surface area contributed by atoms with Gasteiger partial charge in [-0.3, -0.25) is 9.78 Å². The molecule has 2 aromatic rings. The molecule has 6 nitrogen and oxygen atoms in total. The third-order valence-corrected chi connectivity index (χ3v) is 2.45. The summed E-state index contributed by atoms with van der Waals surface area (Å²) < 4.78 is 4.91. The van der Waals surface area contributed by atoms with Crippen LogP contribution in [-0.2, 0) is 0 Å². The van der Waals surface area contributed by atoms with Crippen LogP contribution in [-0.4, -0.2) is 27.1 Å². The molecular formula is C11H10N4O2. The summed E-state index contributed by atoms with van der Waals surface area (Å²) in [6.07, 6.45) is 5.32. The van der Waals surface area contributed by atoms with Crippen LogP contribution in [0.1, 0.15) is 23.5 Å². The molecule has 0 spiro atoms. The second-order valence-electron chi connectivity index (χ2n) is 3.91. The van der Waals surface area contributed by atoms with Gasteiger partial charge in [-0.2, -0.15) is 4.98 Å². The number of nitrogens with zero attached hydrogens (tertiary/aromatic N) is 3. The molecule has 0 bridgehead atoms. The lowest BCUT2D eigenvalue weighted by Crippen LogP contribution is -2.25. The van der Waals surface area contributed by atoms with Gasteiger partial charge in [-0.1, -0.05) is 5.16 Å². The highest BCUT2D eigenvalue weighted by atomic mass is 16.5. The fourth-order valence-electron chi connectivity index (χ4n) is 1.40. The standard InChI is InChI=1S/C11H10N4O2/c16-10(13-8-3-4-8)11-14-9(15-17-11)7-2-1-5-12-6-7/h1-2,5-6,8H,3-4H2,(H,13,16). The van der Waals surface area contributed by atoms with Crippen LogP contribution in [0.5, 0.6) is 0 Å². The van der Waals surface area contributed by atoms with E-state index in [1.807, 2.05) is 0 Å². The molecule has 17 heavy (non-hydrogen) atoms. The molecule has 0 saturated heterocycles. The Hall–Kier alpha value is -2.24. The van der Waals surface area contributed by atoms with Crippen LogP contribution in [0.4, 0.5) is 0 Å². The van der Waals surface area contributed by atoms with Crippen molar-refractivity contribution in [1.29, 1.82) is 0 Å². The molecule has 0 aliphatic heterocycles. The maximum Gasteiger partial charge on any atom is 0.316 e. The molecule has 1 N–H and O–H groups in total. The van der Waals surface area contributed by atoms with Crippen LogP contribution in [0, 0.1) is 0 Å². The zero-order valence-corrected chi connectivity index (χ0v) is 8.96. The monoisotopic (exact) mass is 230 g/mol. The van der Waals surface area contributed by atoms with Crippen molar-refractivity contribution in [2.45, 2.75) is 18.9 Å². The summed E-state index contributed by atoms with van der Waals surface area (Å²) in [7, 11) is 0. The predicted molar refractivity (Wildman–Crippen MR) is 58.0 cm³/mol. The number of carbonyl (C=O) groups excluding carboxylic acids is 1. The number of pyridine rings is 1. The van der Waals surface area contributed by atoms with Crippen LogP contribution < -0.4 is 5.32 Å². The summed E-state index contributed by atoms with van der Waals surface area (Å²) in [5, 5.41) is 6.53. The Morgan fingerprint density at radius 3 is 3.06 bits per heavy atom. The molecule has 86 valence electrons. The van der Waals surface area contributed by atoms with E-state index in [0.717, 1.165) is 18.4 Å². The highest BCUT2D eigenvalue weighted by Gasteiger charge is 2.26. The minimum Gasteiger partial charge on any atom is -0.345 e. The van der Waals surface area contributed by atoms with Gasteiger partial charge in [-0.05, 0) is 25.0 Å². The largest absolute Gasteiger partial charge is 0.345 e. The molecule has 6 heteroatoms. The van der Waals surface area contributed by atoms with Gasteiger partial charge in [0.25, 0.3) is 0 Å². The minimum atomic E-state index is -0.310. The summed E-state index contributed by atoms with van der Waals surface area (Å²) in [6.45, 7) is 0. The first-order chi connectivity index (χ1) is 8.33. The van der Waals surface area contributed by atoms with Crippen molar-refractivity contribution in [2.75, 3.05) is 0 Å². The van der Waals surface area contributed by atoms with Crippen molar-refractivity contribution in [2.24, 2.45) is 0 Å². The summed E-state index contributed by atoms with van der Waals surface area (Å²) in [6, 6.07) is 3.85. The molecule has 1 aliphatic rings. The minimum absolute atomic E-state index is 0.00393. The molecule has 0 radical (unpaired) electrons. The smallest absolute Gasteiger partial charge is 0.316 e. The van der Waals surface area contributed by atoms with E-state index < -0.39 is 0 Å². The van der Waals surface area contributed by atoms with Gasteiger partial charge in [0, 0.05) is 24.0 Å². The van der Waals surface area contributed by atoms with Gasteiger partial charge in [-0.15, -0.1) is 0 Å². The van der Waals surface area contributed by atoms with Gasteiger partial charge in [-0.25, -0.2) is 0 Å². The molecule has 1 aliphatic carbocycles. The summed E-state index contributed by atoms with van der Waals surface area (Å²) in [5.74, 6) is 0.0601. The summed E-state index contributed by atoms with van der Waals surface area (Å²) >= 11 is 0. The first kappa shape index (κ1) is 9.95. The van der Waals surface area contributed by atoms with Gasteiger partial charge in [0.05, 0.1) is 0 Å². The third-order valence-electron chi connectivity index (χ3n) is 2.45. The summed E-state index contributed by atoms with van der Waals surface area (Å²) in [5.41, 5.74) is 0.724. The Morgan fingerprint density at radius 2 is 2.35 bits per heavy atom. The fourth-order valence-corrected chi connectivity index (χ4v) is 1.40. The number of carbonyl (C=O) groups is 1. The highest BCUT2D eigenvalue weighted by Crippen LogP contribution is 2.19. The Morgan fingerprint density at radius 1 is 1.47 bits per heavy atom. The lowest BCUT2D eigenvalue weighted by Gasteiger charge is -1.95. The molecule has 2 heterocycles. The van der Waals surface area contributed by atoms with Crippen LogP contribution in [0.25, 0.3) is 11.4 Å². The van der Waals surface area contributed by atoms with E-state index in [-0.39, 0.29) is 17.8 Å². The van der Waals surface area contributed by atoms with Gasteiger partial charge in [0.15, 0.2) is 0 Å². The average molecular weight is 230 g/mol. The first-order valence-corrected chi connectivity index (χ1v) is 5.38. The van der Waals surface area contributed by atoms with E-state index in [4.69, 9.17) is 4.52 Å². The number of amides is 1. The van der Waals surface area contributed by atoms with E-state index in [2.05, 4.69) is 20.4 Å². The number of aromatic nitrogens is 3. The zero-order chi connectivity index (χ0) is 11.7. The van der Waals surface area contributed by atoms with Crippen molar-refractivity contribution in [3.05, 3.63) is 30.4 Å². The Bertz CT molecular complexity index is 533. The third kappa shape index (κ3) is 2.15. The van der Waals surface area contributed by atoms with Crippen LogP contribution in [0.3, 0.4) is 0 Å². The van der Waals surface area contributed by atoms with Gasteiger partial charge >= 0.3 is 11.8 Å². The Labute approximate surface area is 97.1 Å². The van der Waals surface area contributed by atoms with E-state index in [1.54, 1.807) is 24.5 Å². The lowest BCUT2D eigenvalue weighted by atomic mass is 10.3. The zero-order valence-electron chi connectivity index (χ0n) is 8.96. The van der Waals surface area contributed by atoms with E-state index >= 15 is 0 Å². The average Bonchev–Trinajstić information content (AvgIpc) is 3.04. The maximum absolute atomic E-state index is 11.6. The van der Waals surface area contributed by atoms with Gasteiger partial charge in [0.2, 0.25) is 5.82 Å². The quantitative estimate of drug-likeness (QED) is 0.851. The lowest BCUT2D eigenvalue weighted by molar-refractivity contribution is 0.0907. The molecule has 1 amide bonds. The van der Waals surface area contributed by atoms with E-state index in [1.165, 1.54) is 0 Å². The number of nitrogens with one attached hydrogen (secondary N) is 1. The SMILES string of the molecule is O=C(NC1CC1)c1nc(-c2cccnc2)no1. The van der Waals surface area contributed by atoms with Gasteiger partial charge in [0.1, 0.15) is 0 Å². The van der Waals surface area contributed by atoms with Crippen molar-refractivity contribution in [3.8, 4) is 11.4 Å². The number of hydrogen-bond acceptors (Lipinski definition) is 5. The van der Waals surface area contributed by atoms with Crippen molar-refractivity contribution >= 4 is 5.91 Å². The van der Waals surface area contributed by atoms with Crippen molar-refractivity contribution in [3.63, 3.8) is 0 Å². The van der Waals surface area contributed by atoms with E-state index in [9.17, 15) is 4.79 Å². The van der Waals surface area contributed by atoms with Gasteiger partial charge < -0.3 is 9.84 Å². The summed E-state index contributed by atoms with van der Waals surface area (Å²) in [4.78, 5) is 19.6. The molecule has 2 aromatic heterocycles. The van der Waals surface area contributed by atoms with E-state index in [0.29, 0.717) is 5.82 Å². The molecule has 0 atom stereocenters.